The van der Waals surface area contributed by atoms with Gasteiger partial charge >= 0.3 is 0 Å². The van der Waals surface area contributed by atoms with E-state index in [9.17, 15) is 19.4 Å². The third-order valence-electron chi connectivity index (χ3n) is 10.8. The van der Waals surface area contributed by atoms with Crippen molar-refractivity contribution in [3.63, 3.8) is 0 Å². The number of hydrogen-bond donors (Lipinski definition) is 2. The van der Waals surface area contributed by atoms with Gasteiger partial charge in [0.05, 0.1) is 39.9 Å². The average Bonchev–Trinajstić information content (AvgIpc) is 3.31. The second kappa shape index (κ2) is 49.4. The smallest absolute Gasteiger partial charge is 0.268 e. The summed E-state index contributed by atoms with van der Waals surface area (Å²) in [5.41, 5.74) is 0. The minimum Gasteiger partial charge on any atom is -0.756 e. The quantitative estimate of drug-likeness (QED) is 0.0272. The highest BCUT2D eigenvalue weighted by atomic mass is 31.2. The molecule has 0 bridgehead atoms. The van der Waals surface area contributed by atoms with E-state index in [4.69, 9.17) is 9.05 Å². The number of nitrogens with one attached hydrogen (secondary N) is 1. The van der Waals surface area contributed by atoms with Crippen molar-refractivity contribution >= 4 is 13.7 Å². The van der Waals surface area contributed by atoms with Crippen LogP contribution in [0.4, 0.5) is 0 Å². The SMILES string of the molecule is CC/C=C\C/C=C\C/C=C\C/C=C\C/C=C\C/C=C\C/C=C\C/C=C\C/C=C\C/C=C\CCCCCCCCC(=O)NC(COP(=O)([O-])OCC[N+](C)(C)C)C(O)/C=C/CC/C=C/CCCCCC. The van der Waals surface area contributed by atoms with Crippen LogP contribution in [0.1, 0.15) is 174 Å². The van der Waals surface area contributed by atoms with Gasteiger partial charge in [-0.05, 0) is 109 Å². The second-order valence-corrected chi connectivity index (χ2v) is 19.9. The molecule has 0 fully saturated rings. The summed E-state index contributed by atoms with van der Waals surface area (Å²) in [7, 11) is 1.21. The first-order valence-corrected chi connectivity index (χ1v) is 28.2. The van der Waals surface area contributed by atoms with E-state index in [0.29, 0.717) is 17.4 Å². The summed E-state index contributed by atoms with van der Waals surface area (Å²) >= 11 is 0. The van der Waals surface area contributed by atoms with Crippen LogP contribution in [-0.4, -0.2) is 68.5 Å². The molecule has 0 aromatic heterocycles. The van der Waals surface area contributed by atoms with E-state index >= 15 is 0 Å². The Morgan fingerprint density at radius 2 is 0.899 bits per heavy atom. The summed E-state index contributed by atoms with van der Waals surface area (Å²) in [6.45, 7) is 4.42. The number of aliphatic hydroxyl groups excluding tert-OH is 1. The van der Waals surface area contributed by atoms with E-state index in [1.54, 1.807) is 6.08 Å². The van der Waals surface area contributed by atoms with Crippen LogP contribution in [0.25, 0.3) is 0 Å². The van der Waals surface area contributed by atoms with Crippen molar-refractivity contribution in [2.24, 2.45) is 0 Å². The van der Waals surface area contributed by atoms with Gasteiger partial charge in [0.15, 0.2) is 0 Å². The second-order valence-electron chi connectivity index (χ2n) is 18.5. The largest absolute Gasteiger partial charge is 0.756 e. The van der Waals surface area contributed by atoms with Gasteiger partial charge in [-0.25, -0.2) is 0 Å². The number of aliphatic hydroxyl groups is 1. The topological polar surface area (TPSA) is 108 Å². The predicted octanol–water partition coefficient (Wildman–Crippen LogP) is 15.5. The Hall–Kier alpha value is -3.62. The highest BCUT2D eigenvalue weighted by molar-refractivity contribution is 7.45. The lowest BCUT2D eigenvalue weighted by Gasteiger charge is -2.29. The molecule has 69 heavy (non-hydrogen) atoms. The molecule has 0 spiro atoms. The fraction of sp³-hybridized carbons (Fsp3) is 0.583. The van der Waals surface area contributed by atoms with Gasteiger partial charge in [-0.15, -0.1) is 0 Å². The zero-order chi connectivity index (χ0) is 50.6. The van der Waals surface area contributed by atoms with Crippen molar-refractivity contribution in [3.05, 3.63) is 146 Å². The lowest BCUT2D eigenvalue weighted by atomic mass is 10.1. The molecular formula is C60H99N2O6P. The normalized spacial score (nSPS) is 15.2. The van der Waals surface area contributed by atoms with Gasteiger partial charge in [-0.1, -0.05) is 205 Å². The van der Waals surface area contributed by atoms with Crippen LogP contribution in [-0.2, 0) is 18.4 Å². The predicted molar refractivity (Wildman–Crippen MR) is 297 cm³/mol. The van der Waals surface area contributed by atoms with Gasteiger partial charge in [0.1, 0.15) is 13.2 Å². The summed E-state index contributed by atoms with van der Waals surface area (Å²) in [6, 6.07) is -0.920. The Morgan fingerprint density at radius 3 is 1.35 bits per heavy atom. The Morgan fingerprint density at radius 1 is 0.522 bits per heavy atom. The molecule has 0 aliphatic heterocycles. The van der Waals surface area contributed by atoms with E-state index in [2.05, 4.69) is 153 Å². The third-order valence-corrected chi connectivity index (χ3v) is 11.7. The molecule has 0 aromatic rings. The Balaban J connectivity index is 4.18. The van der Waals surface area contributed by atoms with Crippen LogP contribution in [0.2, 0.25) is 0 Å². The van der Waals surface area contributed by atoms with Gasteiger partial charge < -0.3 is 28.8 Å². The summed E-state index contributed by atoms with van der Waals surface area (Å²) in [5, 5.41) is 13.7. The number of phosphoric acid groups is 1. The molecule has 0 heterocycles. The summed E-state index contributed by atoms with van der Waals surface area (Å²) in [6.07, 6.45) is 76.5. The maximum atomic E-state index is 12.9. The Kier molecular flexibility index (Phi) is 46.8. The van der Waals surface area contributed by atoms with Crippen molar-refractivity contribution in [3.8, 4) is 0 Å². The van der Waals surface area contributed by atoms with E-state index in [1.807, 2.05) is 27.2 Å². The zero-order valence-electron chi connectivity index (χ0n) is 44.2. The van der Waals surface area contributed by atoms with Gasteiger partial charge in [0, 0.05) is 6.42 Å². The summed E-state index contributed by atoms with van der Waals surface area (Å²) in [5.74, 6) is -0.232. The number of quaternary nitrogens is 1. The van der Waals surface area contributed by atoms with E-state index < -0.39 is 26.6 Å². The fourth-order valence-electron chi connectivity index (χ4n) is 6.61. The van der Waals surface area contributed by atoms with Crippen LogP contribution in [0, 0.1) is 0 Å². The number of allylic oxidation sites excluding steroid dienone is 23. The molecule has 2 N–H and O–H groups in total. The molecule has 0 saturated carbocycles. The molecule has 0 aromatic carbocycles. The molecule has 8 nitrogen and oxygen atoms in total. The van der Waals surface area contributed by atoms with Crippen molar-refractivity contribution < 1.29 is 32.9 Å². The molecule has 0 rings (SSSR count). The van der Waals surface area contributed by atoms with Gasteiger partial charge in [-0.3, -0.25) is 9.36 Å². The highest BCUT2D eigenvalue weighted by Gasteiger charge is 2.23. The molecule has 390 valence electrons. The van der Waals surface area contributed by atoms with Crippen LogP contribution in [0.5, 0.6) is 0 Å². The van der Waals surface area contributed by atoms with Crippen molar-refractivity contribution in [1.82, 2.24) is 5.32 Å². The molecule has 0 aliphatic carbocycles. The highest BCUT2D eigenvalue weighted by Crippen LogP contribution is 2.38. The molecule has 3 unspecified atom stereocenters. The van der Waals surface area contributed by atoms with Gasteiger partial charge in [-0.2, -0.15) is 0 Å². The lowest BCUT2D eigenvalue weighted by Crippen LogP contribution is -2.45. The van der Waals surface area contributed by atoms with Crippen molar-refractivity contribution in [1.29, 1.82) is 0 Å². The number of hydrogen-bond acceptors (Lipinski definition) is 6. The van der Waals surface area contributed by atoms with E-state index in [0.717, 1.165) is 128 Å². The van der Waals surface area contributed by atoms with Crippen LogP contribution >= 0.6 is 7.82 Å². The molecule has 1 amide bonds. The number of carbonyl (C=O) groups excluding carboxylic acids is 1. The minimum absolute atomic E-state index is 0.0179. The molecular weight excluding hydrogens is 876 g/mol. The number of phosphoric ester groups is 1. The van der Waals surface area contributed by atoms with Gasteiger partial charge in [0.25, 0.3) is 7.82 Å². The van der Waals surface area contributed by atoms with Crippen molar-refractivity contribution in [2.45, 2.75) is 187 Å². The van der Waals surface area contributed by atoms with Gasteiger partial charge in [0.2, 0.25) is 5.91 Å². The van der Waals surface area contributed by atoms with Crippen molar-refractivity contribution in [2.75, 3.05) is 40.9 Å². The van der Waals surface area contributed by atoms with Crippen LogP contribution in [0.15, 0.2) is 146 Å². The first kappa shape index (κ1) is 65.4. The molecule has 9 heteroatoms. The van der Waals surface area contributed by atoms with Crippen LogP contribution < -0.4 is 10.2 Å². The number of rotatable bonds is 46. The lowest BCUT2D eigenvalue weighted by molar-refractivity contribution is -0.870. The number of unbranched alkanes of at least 4 members (excludes halogenated alkanes) is 11. The summed E-state index contributed by atoms with van der Waals surface area (Å²) in [4.78, 5) is 25.3. The number of carbonyl (C=O) groups is 1. The monoisotopic (exact) mass is 975 g/mol. The first-order chi connectivity index (χ1) is 33.5. The minimum atomic E-state index is -4.61. The van der Waals surface area contributed by atoms with Crippen LogP contribution in [0.3, 0.4) is 0 Å². The number of likely N-dealkylation sites (N-methyl/N-ethyl adjacent to an activating group) is 1. The summed E-state index contributed by atoms with van der Waals surface area (Å²) < 4.78 is 23.2. The zero-order valence-corrected chi connectivity index (χ0v) is 45.1. The Bertz CT molecular complexity index is 1620. The maximum Gasteiger partial charge on any atom is 0.268 e. The molecule has 0 aliphatic rings. The number of nitrogens with zero attached hydrogens (tertiary/aromatic N) is 1. The Labute approximate surface area is 423 Å². The maximum absolute atomic E-state index is 12.9. The standard InChI is InChI=1S/C60H99N2O6P/c1-6-8-10-12-14-16-18-19-20-21-22-23-24-25-26-27-28-29-30-31-32-33-34-35-36-37-38-39-40-41-42-43-44-46-48-50-52-54-60(64)61-58(57-68-69(65,66)67-56-55-62(3,4)5)59(63)53-51-49-47-45-17-15-13-11-9-7-2/h8,10,14,16-17,19-20,22-23,25-26,28-29,31-32,34-35,37-38,40-41,45,51,53,58-59,63H,6-7,9,11-13,15,18,21,24,27,30,33,36,39,42-44,46-50,52,54-57H2,1-5H3,(H-,61,64,65,66)/b10-8-,16-14-,20-19-,23-22-,26-25-,29-28-,32-31-,35-34-,38-37-,41-40-,45-17+,53-51+. The van der Waals surface area contributed by atoms with E-state index in [-0.39, 0.29) is 12.5 Å². The third kappa shape index (κ3) is 52.0. The molecule has 3 atom stereocenters. The molecule has 0 radical (unpaired) electrons. The molecule has 0 saturated heterocycles. The fourth-order valence-corrected chi connectivity index (χ4v) is 7.33. The van der Waals surface area contributed by atoms with E-state index in [1.165, 1.54) is 25.7 Å². The number of amides is 1. The average molecular weight is 975 g/mol. The first-order valence-electron chi connectivity index (χ1n) is 26.7.